The average Bonchev–Trinajstić information content (AvgIpc) is 2.68. The molecule has 0 spiro atoms. The van der Waals surface area contributed by atoms with Crippen LogP contribution in [-0.4, -0.2) is 51.5 Å². The van der Waals surface area contributed by atoms with E-state index in [9.17, 15) is 19.1 Å². The fourth-order valence-electron chi connectivity index (χ4n) is 2.00. The smallest absolute Gasteiger partial charge is 0.330 e. The molecule has 2 heterocycles. The van der Waals surface area contributed by atoms with E-state index in [4.69, 9.17) is 9.84 Å². The van der Waals surface area contributed by atoms with Crippen molar-refractivity contribution in [2.45, 2.75) is 24.5 Å². The molecule has 2 rings (SSSR count). The molecule has 3 N–H and O–H groups in total. The zero-order valence-corrected chi connectivity index (χ0v) is 9.73. The molecular formula is C10H13FN2O6. The minimum Gasteiger partial charge on any atom is -0.394 e. The number of H-pyrrole nitrogens is 1. The second-order valence-corrected chi connectivity index (χ2v) is 4.00. The monoisotopic (exact) mass is 276 g/mol. The highest BCUT2D eigenvalue weighted by atomic mass is 19.1. The van der Waals surface area contributed by atoms with Crippen molar-refractivity contribution in [1.82, 2.24) is 9.55 Å². The second kappa shape index (κ2) is 5.61. The molecule has 1 saturated heterocycles. The summed E-state index contributed by atoms with van der Waals surface area (Å²) < 4.78 is 23.0. The summed E-state index contributed by atoms with van der Waals surface area (Å²) in [6.45, 7) is -1.66. The summed E-state index contributed by atoms with van der Waals surface area (Å²) in [6, 6.07) is 1.08. The number of alkyl halides is 1. The maximum Gasteiger partial charge on any atom is 0.330 e. The zero-order chi connectivity index (χ0) is 14.0. The molecule has 0 saturated carbocycles. The molecule has 1 unspecified atom stereocenters. The van der Waals surface area contributed by atoms with Gasteiger partial charge in [0.25, 0.3) is 5.56 Å². The van der Waals surface area contributed by atoms with Crippen LogP contribution in [0.15, 0.2) is 21.9 Å². The minimum absolute atomic E-state index is 0.504. The van der Waals surface area contributed by atoms with Crippen LogP contribution in [0.25, 0.3) is 0 Å². The molecule has 4 atom stereocenters. The van der Waals surface area contributed by atoms with Crippen molar-refractivity contribution < 1.29 is 24.1 Å². The number of aliphatic hydroxyl groups excluding tert-OH is 2. The van der Waals surface area contributed by atoms with Crippen LogP contribution in [0.4, 0.5) is 4.39 Å². The fraction of sp³-hybridized carbons (Fsp3) is 0.600. The largest absolute Gasteiger partial charge is 0.394 e. The van der Waals surface area contributed by atoms with Crippen LogP contribution < -0.4 is 11.2 Å². The third kappa shape index (κ3) is 2.59. The van der Waals surface area contributed by atoms with Gasteiger partial charge in [0.05, 0.1) is 6.61 Å². The Morgan fingerprint density at radius 1 is 1.53 bits per heavy atom. The Balaban J connectivity index is 2.30. The van der Waals surface area contributed by atoms with Gasteiger partial charge in [0, 0.05) is 12.3 Å². The van der Waals surface area contributed by atoms with E-state index in [2.05, 4.69) is 4.74 Å². The van der Waals surface area contributed by atoms with Gasteiger partial charge < -0.3 is 19.7 Å². The van der Waals surface area contributed by atoms with E-state index in [0.717, 1.165) is 16.8 Å². The third-order valence-corrected chi connectivity index (χ3v) is 2.87. The summed E-state index contributed by atoms with van der Waals surface area (Å²) in [5.41, 5.74) is -1.38. The van der Waals surface area contributed by atoms with Gasteiger partial charge in [0.15, 0.2) is 13.1 Å². The van der Waals surface area contributed by atoms with Crippen LogP contribution in [0.1, 0.15) is 6.23 Å². The van der Waals surface area contributed by atoms with Crippen molar-refractivity contribution in [3.05, 3.63) is 33.1 Å². The number of ether oxygens (including phenoxy) is 2. The van der Waals surface area contributed by atoms with Crippen molar-refractivity contribution >= 4 is 0 Å². The van der Waals surface area contributed by atoms with Gasteiger partial charge >= 0.3 is 5.69 Å². The van der Waals surface area contributed by atoms with Gasteiger partial charge in [0.2, 0.25) is 0 Å². The summed E-state index contributed by atoms with van der Waals surface area (Å²) in [6.07, 6.45) is -3.44. The molecule has 0 radical (unpaired) electrons. The highest BCUT2D eigenvalue weighted by Crippen LogP contribution is 2.30. The minimum atomic E-state index is -1.35. The molecule has 1 aliphatic heterocycles. The molecule has 1 aliphatic rings. The number of halogens is 1. The van der Waals surface area contributed by atoms with Crippen LogP contribution in [0.5, 0.6) is 0 Å². The first-order chi connectivity index (χ1) is 9.08. The van der Waals surface area contributed by atoms with Crippen LogP contribution in [0.3, 0.4) is 0 Å². The second-order valence-electron chi connectivity index (χ2n) is 4.00. The lowest BCUT2D eigenvalue weighted by molar-refractivity contribution is -0.0825. The molecule has 0 aromatic carbocycles. The molecule has 19 heavy (non-hydrogen) atoms. The van der Waals surface area contributed by atoms with Gasteiger partial charge in [-0.05, 0) is 0 Å². The fourth-order valence-corrected chi connectivity index (χ4v) is 2.00. The Morgan fingerprint density at radius 3 is 2.84 bits per heavy atom. The van der Waals surface area contributed by atoms with Crippen LogP contribution in [0.2, 0.25) is 0 Å². The SMILES string of the molecule is O=c1ccn([C@@H]2O[C@H](CO)[C@H](OCF)C2O)c(=O)[nH]1. The maximum absolute atomic E-state index is 12.2. The summed E-state index contributed by atoms with van der Waals surface area (Å²) in [4.78, 5) is 24.5. The Labute approximate surface area is 106 Å². The van der Waals surface area contributed by atoms with Gasteiger partial charge in [-0.25, -0.2) is 9.18 Å². The van der Waals surface area contributed by atoms with Gasteiger partial charge in [-0.2, -0.15) is 0 Å². The van der Waals surface area contributed by atoms with Crippen LogP contribution in [0, 0.1) is 0 Å². The first-order valence-electron chi connectivity index (χ1n) is 5.52. The maximum atomic E-state index is 12.2. The molecule has 1 aromatic heterocycles. The van der Waals surface area contributed by atoms with Crippen molar-refractivity contribution in [2.24, 2.45) is 0 Å². The van der Waals surface area contributed by atoms with E-state index in [-0.39, 0.29) is 0 Å². The van der Waals surface area contributed by atoms with Crippen LogP contribution in [-0.2, 0) is 9.47 Å². The Morgan fingerprint density at radius 2 is 2.26 bits per heavy atom. The molecule has 8 nitrogen and oxygen atoms in total. The highest BCUT2D eigenvalue weighted by Gasteiger charge is 2.45. The quantitative estimate of drug-likeness (QED) is 0.592. The van der Waals surface area contributed by atoms with Crippen molar-refractivity contribution in [3.63, 3.8) is 0 Å². The van der Waals surface area contributed by atoms with Crippen molar-refractivity contribution in [1.29, 1.82) is 0 Å². The number of rotatable bonds is 4. The lowest BCUT2D eigenvalue weighted by atomic mass is 10.1. The predicted molar refractivity (Wildman–Crippen MR) is 59.2 cm³/mol. The molecule has 0 aliphatic carbocycles. The summed E-state index contributed by atoms with van der Waals surface area (Å²) >= 11 is 0. The van der Waals surface area contributed by atoms with E-state index in [0.29, 0.717) is 0 Å². The topological polar surface area (TPSA) is 114 Å². The van der Waals surface area contributed by atoms with Gasteiger partial charge in [-0.1, -0.05) is 0 Å². The first kappa shape index (κ1) is 13.9. The van der Waals surface area contributed by atoms with Crippen LogP contribution >= 0.6 is 0 Å². The number of aromatic amines is 1. The summed E-state index contributed by atoms with van der Waals surface area (Å²) in [5.74, 6) is 0. The van der Waals surface area contributed by atoms with Crippen molar-refractivity contribution in [3.8, 4) is 0 Å². The number of nitrogens with zero attached hydrogens (tertiary/aromatic N) is 1. The van der Waals surface area contributed by atoms with Gasteiger partial charge in [-0.3, -0.25) is 14.3 Å². The van der Waals surface area contributed by atoms with Gasteiger partial charge in [0.1, 0.15) is 18.3 Å². The zero-order valence-electron chi connectivity index (χ0n) is 9.73. The standard InChI is InChI=1S/C10H13FN2O6/c11-4-18-8-5(3-14)19-9(7(8)16)13-2-1-6(15)12-10(13)17/h1-2,5,7-9,14,16H,3-4H2,(H,12,15,17)/t5-,7?,8+,9-/m1/s1. The van der Waals surface area contributed by atoms with E-state index in [1.54, 1.807) is 0 Å². The summed E-state index contributed by atoms with van der Waals surface area (Å²) in [7, 11) is 0. The number of nitrogens with one attached hydrogen (secondary N) is 1. The summed E-state index contributed by atoms with van der Waals surface area (Å²) in [5, 5.41) is 19.0. The van der Waals surface area contributed by atoms with E-state index in [1.165, 1.54) is 0 Å². The molecule has 0 amide bonds. The molecule has 0 bridgehead atoms. The highest BCUT2D eigenvalue weighted by molar-refractivity contribution is 4.93. The lowest BCUT2D eigenvalue weighted by Crippen LogP contribution is -2.38. The number of aliphatic hydroxyl groups is 2. The molecule has 106 valence electrons. The van der Waals surface area contributed by atoms with E-state index < -0.39 is 49.3 Å². The number of hydrogen-bond acceptors (Lipinski definition) is 6. The normalized spacial score (nSPS) is 30.7. The first-order valence-corrected chi connectivity index (χ1v) is 5.52. The molecule has 1 fully saturated rings. The van der Waals surface area contributed by atoms with Crippen molar-refractivity contribution in [2.75, 3.05) is 13.5 Å². The Kier molecular flexibility index (Phi) is 4.10. The van der Waals surface area contributed by atoms with E-state index >= 15 is 0 Å². The Bertz CT molecular complexity index is 543. The lowest BCUT2D eigenvalue weighted by Gasteiger charge is -2.18. The third-order valence-electron chi connectivity index (χ3n) is 2.87. The molecule has 9 heteroatoms. The van der Waals surface area contributed by atoms with Gasteiger partial charge in [-0.15, -0.1) is 0 Å². The van der Waals surface area contributed by atoms with E-state index in [1.807, 2.05) is 4.98 Å². The number of hydrogen-bond donors (Lipinski definition) is 3. The number of aromatic nitrogens is 2. The molecular weight excluding hydrogens is 263 g/mol. The Hall–Kier alpha value is -1.55. The predicted octanol–water partition coefficient (Wildman–Crippen LogP) is -1.90. The average molecular weight is 276 g/mol. The molecule has 1 aromatic rings.